The number of aliphatic hydroxyl groups is 1. The molecule has 0 saturated carbocycles. The lowest BCUT2D eigenvalue weighted by atomic mass is 9.98. The van der Waals surface area contributed by atoms with Gasteiger partial charge in [0.15, 0.2) is 0 Å². The van der Waals surface area contributed by atoms with E-state index in [0.29, 0.717) is 0 Å². The van der Waals surface area contributed by atoms with Gasteiger partial charge >= 0.3 is 0 Å². The smallest absolute Gasteiger partial charge is 0.0736 e. The molecular formula is C12H20N2O. The molecule has 3 heteroatoms. The second-order valence-electron chi connectivity index (χ2n) is 4.59. The summed E-state index contributed by atoms with van der Waals surface area (Å²) in [5.41, 5.74) is 8.20. The van der Waals surface area contributed by atoms with E-state index in [2.05, 4.69) is 5.32 Å². The Hall–Kier alpha value is -1.22. The Morgan fingerprint density at radius 2 is 2.00 bits per heavy atom. The Bertz CT molecular complexity index is 345. The minimum Gasteiger partial charge on any atom is -0.399 e. The third-order valence-corrected chi connectivity index (χ3v) is 2.78. The van der Waals surface area contributed by atoms with Gasteiger partial charge in [0.05, 0.1) is 11.6 Å². The number of aliphatic hydroxyl groups excluding tert-OH is 1. The molecule has 1 aromatic rings. The molecule has 15 heavy (non-hydrogen) atoms. The summed E-state index contributed by atoms with van der Waals surface area (Å²) in [4.78, 5) is 0. The van der Waals surface area contributed by atoms with Crippen LogP contribution in [0.15, 0.2) is 18.2 Å². The summed E-state index contributed by atoms with van der Waals surface area (Å²) >= 11 is 0. The quantitative estimate of drug-likeness (QED) is 0.667. The van der Waals surface area contributed by atoms with Gasteiger partial charge in [-0.3, -0.25) is 0 Å². The minimum absolute atomic E-state index is 0.345. The van der Waals surface area contributed by atoms with Gasteiger partial charge in [0.1, 0.15) is 0 Å². The Balaban J connectivity index is 2.86. The van der Waals surface area contributed by atoms with Gasteiger partial charge in [-0.25, -0.2) is 0 Å². The van der Waals surface area contributed by atoms with Crippen LogP contribution in [0, 0.1) is 6.92 Å². The first-order valence-electron chi connectivity index (χ1n) is 5.15. The molecule has 0 spiro atoms. The number of hydrogen-bond donors (Lipinski definition) is 3. The van der Waals surface area contributed by atoms with Crippen molar-refractivity contribution in [1.82, 2.24) is 0 Å². The highest BCUT2D eigenvalue weighted by molar-refractivity contribution is 5.57. The fourth-order valence-electron chi connectivity index (χ4n) is 1.23. The number of nitrogens with one attached hydrogen (secondary N) is 1. The van der Waals surface area contributed by atoms with E-state index in [-0.39, 0.29) is 5.54 Å². The van der Waals surface area contributed by atoms with Crippen LogP contribution in [-0.2, 0) is 0 Å². The van der Waals surface area contributed by atoms with Gasteiger partial charge in [0, 0.05) is 11.4 Å². The monoisotopic (exact) mass is 208 g/mol. The van der Waals surface area contributed by atoms with Crippen molar-refractivity contribution >= 4 is 11.4 Å². The molecule has 4 N–H and O–H groups in total. The van der Waals surface area contributed by atoms with Crippen LogP contribution in [0.3, 0.4) is 0 Å². The molecule has 0 aliphatic heterocycles. The largest absolute Gasteiger partial charge is 0.399 e. The predicted molar refractivity (Wildman–Crippen MR) is 65.0 cm³/mol. The molecule has 1 aromatic carbocycles. The third kappa shape index (κ3) is 2.86. The Labute approximate surface area is 91.3 Å². The molecule has 0 aromatic heterocycles. The summed E-state index contributed by atoms with van der Waals surface area (Å²) in [5.74, 6) is 0. The Morgan fingerprint density at radius 1 is 1.40 bits per heavy atom. The molecule has 1 atom stereocenters. The van der Waals surface area contributed by atoms with Crippen molar-refractivity contribution < 1.29 is 5.11 Å². The normalized spacial score (nSPS) is 13.7. The van der Waals surface area contributed by atoms with Gasteiger partial charge in [-0.1, -0.05) is 0 Å². The van der Waals surface area contributed by atoms with E-state index in [1.807, 2.05) is 39.0 Å². The van der Waals surface area contributed by atoms with Crippen molar-refractivity contribution in [3.05, 3.63) is 23.8 Å². The number of rotatable bonds is 3. The molecule has 0 heterocycles. The second kappa shape index (κ2) is 4.11. The molecule has 0 aliphatic rings. The van der Waals surface area contributed by atoms with Crippen LogP contribution in [-0.4, -0.2) is 16.7 Å². The standard InChI is InChI=1S/C12H20N2O/c1-8-7-10(5-6-11(8)13)14-12(3,4)9(2)15/h5-7,9,14-15H,13H2,1-4H3. The molecule has 84 valence electrons. The molecule has 0 amide bonds. The number of benzene rings is 1. The van der Waals surface area contributed by atoms with Crippen molar-refractivity contribution in [1.29, 1.82) is 0 Å². The lowest BCUT2D eigenvalue weighted by molar-refractivity contribution is 0.133. The highest BCUT2D eigenvalue weighted by Crippen LogP contribution is 2.21. The first-order valence-corrected chi connectivity index (χ1v) is 5.15. The highest BCUT2D eigenvalue weighted by atomic mass is 16.3. The average molecular weight is 208 g/mol. The lowest BCUT2D eigenvalue weighted by Crippen LogP contribution is -2.41. The first-order chi connectivity index (χ1) is 6.83. The molecule has 0 bridgehead atoms. The van der Waals surface area contributed by atoms with Crippen molar-refractivity contribution in [2.45, 2.75) is 39.3 Å². The van der Waals surface area contributed by atoms with E-state index in [9.17, 15) is 5.11 Å². The number of aryl methyl sites for hydroxylation is 1. The Kier molecular flexibility index (Phi) is 3.25. The van der Waals surface area contributed by atoms with Gasteiger partial charge < -0.3 is 16.2 Å². The SMILES string of the molecule is Cc1cc(NC(C)(C)C(C)O)ccc1N. The van der Waals surface area contributed by atoms with E-state index >= 15 is 0 Å². The predicted octanol–water partition coefficient (Wildman–Crippen LogP) is 2.15. The summed E-state index contributed by atoms with van der Waals surface area (Å²) in [5, 5.41) is 12.9. The summed E-state index contributed by atoms with van der Waals surface area (Å²) < 4.78 is 0. The summed E-state index contributed by atoms with van der Waals surface area (Å²) in [6.07, 6.45) is -0.421. The molecule has 0 saturated heterocycles. The van der Waals surface area contributed by atoms with E-state index in [1.165, 1.54) is 0 Å². The molecule has 0 fully saturated rings. The minimum atomic E-state index is -0.421. The maximum Gasteiger partial charge on any atom is 0.0736 e. The van der Waals surface area contributed by atoms with E-state index in [0.717, 1.165) is 16.9 Å². The molecule has 3 nitrogen and oxygen atoms in total. The zero-order valence-electron chi connectivity index (χ0n) is 9.83. The zero-order chi connectivity index (χ0) is 11.6. The van der Waals surface area contributed by atoms with Gasteiger partial charge in [-0.15, -0.1) is 0 Å². The number of anilines is 2. The maximum atomic E-state index is 9.58. The molecule has 1 unspecified atom stereocenters. The second-order valence-corrected chi connectivity index (χ2v) is 4.59. The van der Waals surface area contributed by atoms with Crippen molar-refractivity contribution in [2.24, 2.45) is 0 Å². The van der Waals surface area contributed by atoms with Crippen LogP contribution < -0.4 is 11.1 Å². The first kappa shape index (κ1) is 11.9. The molecule has 0 radical (unpaired) electrons. The van der Waals surface area contributed by atoms with E-state index < -0.39 is 6.10 Å². The fourth-order valence-corrected chi connectivity index (χ4v) is 1.23. The van der Waals surface area contributed by atoms with Gasteiger partial charge in [-0.05, 0) is 51.5 Å². The number of nitrogen functional groups attached to an aromatic ring is 1. The van der Waals surface area contributed by atoms with Crippen LogP contribution in [0.25, 0.3) is 0 Å². The van der Waals surface area contributed by atoms with Gasteiger partial charge in [0.25, 0.3) is 0 Å². The topological polar surface area (TPSA) is 58.3 Å². The Morgan fingerprint density at radius 3 is 2.47 bits per heavy atom. The average Bonchev–Trinajstić information content (AvgIpc) is 2.10. The summed E-state index contributed by atoms with van der Waals surface area (Å²) in [6, 6.07) is 5.78. The van der Waals surface area contributed by atoms with E-state index in [4.69, 9.17) is 5.73 Å². The van der Waals surface area contributed by atoms with E-state index in [1.54, 1.807) is 6.92 Å². The lowest BCUT2D eigenvalue weighted by Gasteiger charge is -2.30. The van der Waals surface area contributed by atoms with Crippen molar-refractivity contribution in [2.75, 3.05) is 11.1 Å². The van der Waals surface area contributed by atoms with Crippen LogP contribution >= 0.6 is 0 Å². The highest BCUT2D eigenvalue weighted by Gasteiger charge is 2.23. The molecular weight excluding hydrogens is 188 g/mol. The summed E-state index contributed by atoms with van der Waals surface area (Å²) in [7, 11) is 0. The summed E-state index contributed by atoms with van der Waals surface area (Å²) in [6.45, 7) is 7.67. The maximum absolute atomic E-state index is 9.58. The van der Waals surface area contributed by atoms with Gasteiger partial charge in [-0.2, -0.15) is 0 Å². The number of nitrogens with two attached hydrogens (primary N) is 1. The fraction of sp³-hybridized carbons (Fsp3) is 0.500. The molecule has 1 rings (SSSR count). The van der Waals surface area contributed by atoms with Gasteiger partial charge in [0.2, 0.25) is 0 Å². The van der Waals surface area contributed by atoms with Crippen LogP contribution in [0.4, 0.5) is 11.4 Å². The van der Waals surface area contributed by atoms with Crippen LogP contribution in [0.1, 0.15) is 26.3 Å². The number of hydrogen-bond acceptors (Lipinski definition) is 3. The van der Waals surface area contributed by atoms with Crippen LogP contribution in [0.5, 0.6) is 0 Å². The van der Waals surface area contributed by atoms with Crippen molar-refractivity contribution in [3.8, 4) is 0 Å². The van der Waals surface area contributed by atoms with Crippen molar-refractivity contribution in [3.63, 3.8) is 0 Å². The third-order valence-electron chi connectivity index (χ3n) is 2.78. The molecule has 0 aliphatic carbocycles. The van der Waals surface area contributed by atoms with Crippen LogP contribution in [0.2, 0.25) is 0 Å². The zero-order valence-corrected chi connectivity index (χ0v) is 9.83.